The van der Waals surface area contributed by atoms with Crippen molar-refractivity contribution >= 4 is 28.6 Å². The Hall–Kier alpha value is -2.90. The summed E-state index contributed by atoms with van der Waals surface area (Å²) < 4.78 is 13.3. The number of carbonyl (C=O) groups is 1. The van der Waals surface area contributed by atoms with Gasteiger partial charge in [-0.2, -0.15) is 0 Å². The number of benzene rings is 2. The second-order valence-electron chi connectivity index (χ2n) is 8.66. The van der Waals surface area contributed by atoms with Crippen molar-refractivity contribution in [1.82, 2.24) is 10.2 Å². The third kappa shape index (κ3) is 5.54. The highest BCUT2D eigenvalue weighted by Gasteiger charge is 2.31. The van der Waals surface area contributed by atoms with Crippen molar-refractivity contribution in [2.75, 3.05) is 50.1 Å². The Bertz CT molecular complexity index is 1030. The highest BCUT2D eigenvalue weighted by molar-refractivity contribution is 7.10. The first kappa shape index (κ1) is 23.3. The molecule has 1 N–H and O–H groups in total. The lowest BCUT2D eigenvalue weighted by Crippen LogP contribution is -2.52. The molecule has 1 saturated heterocycles. The number of amides is 1. The first-order valence-corrected chi connectivity index (χ1v) is 12.2. The third-order valence-corrected chi connectivity index (χ3v) is 7.16. The van der Waals surface area contributed by atoms with E-state index in [4.69, 9.17) is 0 Å². The van der Waals surface area contributed by atoms with Gasteiger partial charge in [0, 0.05) is 68.1 Å². The molecule has 1 aromatic heterocycles. The predicted octanol–water partition coefficient (Wildman–Crippen LogP) is 4.64. The Morgan fingerprint density at radius 1 is 1.00 bits per heavy atom. The fourth-order valence-electron chi connectivity index (χ4n) is 4.39. The van der Waals surface area contributed by atoms with E-state index in [1.54, 1.807) is 11.3 Å². The van der Waals surface area contributed by atoms with Crippen LogP contribution in [-0.2, 0) is 0 Å². The van der Waals surface area contributed by atoms with Crippen molar-refractivity contribution in [3.05, 3.63) is 82.3 Å². The van der Waals surface area contributed by atoms with Gasteiger partial charge in [-0.05, 0) is 66.9 Å². The Labute approximate surface area is 199 Å². The lowest BCUT2D eigenvalue weighted by atomic mass is 10.0. The molecule has 0 unspecified atom stereocenters. The maximum atomic E-state index is 13.3. The summed E-state index contributed by atoms with van der Waals surface area (Å²) in [6.45, 7) is 5.55. The van der Waals surface area contributed by atoms with E-state index in [1.165, 1.54) is 17.0 Å². The number of anilines is 2. The molecule has 1 aliphatic rings. The molecular formula is C26H31FN4OS. The highest BCUT2D eigenvalue weighted by atomic mass is 32.1. The highest BCUT2D eigenvalue weighted by Crippen LogP contribution is 2.30. The van der Waals surface area contributed by atoms with Crippen molar-refractivity contribution in [2.45, 2.75) is 19.0 Å². The second kappa shape index (κ2) is 10.4. The van der Waals surface area contributed by atoms with Crippen molar-refractivity contribution < 1.29 is 9.18 Å². The molecule has 2 atom stereocenters. The molecule has 0 radical (unpaired) electrons. The molecule has 1 aliphatic heterocycles. The number of nitrogens with zero attached hydrogens (tertiary/aromatic N) is 3. The Balaban J connectivity index is 1.44. The van der Waals surface area contributed by atoms with Crippen LogP contribution in [0.3, 0.4) is 0 Å². The molecule has 7 heteroatoms. The molecule has 0 saturated carbocycles. The molecule has 3 aromatic rings. The SMILES string of the molecule is C[C@@H](NC(=O)c1ccc(N(C)C)cc1)[C@H](c1cccs1)N1CCN(c2ccc(F)cc2)CC1. The van der Waals surface area contributed by atoms with Gasteiger partial charge in [0.15, 0.2) is 0 Å². The number of hydrogen-bond acceptors (Lipinski definition) is 5. The van der Waals surface area contributed by atoms with Crippen molar-refractivity contribution in [2.24, 2.45) is 0 Å². The number of halogens is 1. The molecule has 33 heavy (non-hydrogen) atoms. The Kier molecular flexibility index (Phi) is 7.30. The van der Waals surface area contributed by atoms with Gasteiger partial charge in [0.05, 0.1) is 6.04 Å². The van der Waals surface area contributed by atoms with Crippen LogP contribution in [0.25, 0.3) is 0 Å². The number of thiophene rings is 1. The summed E-state index contributed by atoms with van der Waals surface area (Å²) in [5.74, 6) is -0.268. The first-order valence-electron chi connectivity index (χ1n) is 11.3. The van der Waals surface area contributed by atoms with Gasteiger partial charge in [0.25, 0.3) is 5.91 Å². The van der Waals surface area contributed by atoms with E-state index in [-0.39, 0.29) is 23.8 Å². The van der Waals surface area contributed by atoms with Gasteiger partial charge in [0.2, 0.25) is 0 Å². The monoisotopic (exact) mass is 466 g/mol. The zero-order chi connectivity index (χ0) is 23.4. The molecule has 0 aliphatic carbocycles. The van der Waals surface area contributed by atoms with E-state index in [9.17, 15) is 9.18 Å². The minimum absolute atomic E-state index is 0.0537. The van der Waals surface area contributed by atoms with E-state index >= 15 is 0 Å². The fourth-order valence-corrected chi connectivity index (χ4v) is 5.36. The lowest BCUT2D eigenvalue weighted by molar-refractivity contribution is 0.0890. The average Bonchev–Trinajstić information content (AvgIpc) is 3.34. The standard InChI is InChI=1S/C26H31FN4OS/c1-19(28-26(32)20-6-10-22(11-7-20)29(2)3)25(24-5-4-18-33-24)31-16-14-30(15-17-31)23-12-8-21(27)9-13-23/h4-13,18-19,25H,14-17H2,1-3H3,(H,28,32)/t19-,25-/m1/s1. The maximum absolute atomic E-state index is 13.3. The maximum Gasteiger partial charge on any atom is 0.251 e. The molecule has 2 heterocycles. The molecule has 1 amide bonds. The van der Waals surface area contributed by atoms with Crippen molar-refractivity contribution in [3.63, 3.8) is 0 Å². The van der Waals surface area contributed by atoms with Crippen LogP contribution in [0.15, 0.2) is 66.0 Å². The van der Waals surface area contributed by atoms with Crippen molar-refractivity contribution in [3.8, 4) is 0 Å². The minimum atomic E-state index is -0.212. The van der Waals surface area contributed by atoms with Gasteiger partial charge in [-0.25, -0.2) is 4.39 Å². The van der Waals surface area contributed by atoms with Gasteiger partial charge in [0.1, 0.15) is 5.82 Å². The van der Waals surface area contributed by atoms with Gasteiger partial charge in [-0.3, -0.25) is 9.69 Å². The van der Waals surface area contributed by atoms with Gasteiger partial charge < -0.3 is 15.1 Å². The molecule has 4 rings (SSSR count). The van der Waals surface area contributed by atoms with Crippen LogP contribution in [0.5, 0.6) is 0 Å². The molecule has 1 fully saturated rings. The molecule has 0 bridgehead atoms. The number of nitrogens with one attached hydrogen (secondary N) is 1. The van der Waals surface area contributed by atoms with E-state index < -0.39 is 0 Å². The van der Waals surface area contributed by atoms with E-state index in [1.807, 2.05) is 55.4 Å². The largest absolute Gasteiger partial charge is 0.378 e. The predicted molar refractivity (Wildman–Crippen MR) is 135 cm³/mol. The van der Waals surface area contributed by atoms with Crippen LogP contribution in [0, 0.1) is 5.82 Å². The normalized spacial score (nSPS) is 16.3. The smallest absolute Gasteiger partial charge is 0.251 e. The van der Waals surface area contributed by atoms with E-state index in [2.05, 4.69) is 39.6 Å². The van der Waals surface area contributed by atoms with Gasteiger partial charge >= 0.3 is 0 Å². The summed E-state index contributed by atoms with van der Waals surface area (Å²) in [5.41, 5.74) is 2.78. The van der Waals surface area contributed by atoms with Crippen LogP contribution in [0.4, 0.5) is 15.8 Å². The molecule has 5 nitrogen and oxygen atoms in total. The lowest BCUT2D eigenvalue weighted by Gasteiger charge is -2.42. The minimum Gasteiger partial charge on any atom is -0.378 e. The molecular weight excluding hydrogens is 435 g/mol. The quantitative estimate of drug-likeness (QED) is 0.551. The number of hydrogen-bond donors (Lipinski definition) is 1. The van der Waals surface area contributed by atoms with Crippen LogP contribution < -0.4 is 15.1 Å². The van der Waals surface area contributed by atoms with Crippen molar-refractivity contribution in [1.29, 1.82) is 0 Å². The van der Waals surface area contributed by atoms with E-state index in [0.717, 1.165) is 37.6 Å². The Morgan fingerprint density at radius 3 is 2.24 bits per heavy atom. The summed E-state index contributed by atoms with van der Waals surface area (Å²) >= 11 is 1.73. The van der Waals surface area contributed by atoms with Gasteiger partial charge in [-0.1, -0.05) is 6.07 Å². The van der Waals surface area contributed by atoms with Crippen LogP contribution >= 0.6 is 11.3 Å². The summed E-state index contributed by atoms with van der Waals surface area (Å²) in [6, 6.07) is 18.6. The average molecular weight is 467 g/mol. The topological polar surface area (TPSA) is 38.8 Å². The summed E-state index contributed by atoms with van der Waals surface area (Å²) in [6.07, 6.45) is 0. The number of carbonyl (C=O) groups excluding carboxylic acids is 1. The molecule has 2 aromatic carbocycles. The zero-order valence-corrected chi connectivity index (χ0v) is 20.2. The summed E-state index contributed by atoms with van der Waals surface area (Å²) in [7, 11) is 3.97. The molecule has 174 valence electrons. The first-order chi connectivity index (χ1) is 15.9. The zero-order valence-electron chi connectivity index (χ0n) is 19.4. The van der Waals surface area contributed by atoms with E-state index in [0.29, 0.717) is 5.56 Å². The molecule has 0 spiro atoms. The number of piperazine rings is 1. The fraction of sp³-hybridized carbons (Fsp3) is 0.346. The van der Waals surface area contributed by atoms with Gasteiger partial charge in [-0.15, -0.1) is 11.3 Å². The number of rotatable bonds is 7. The van der Waals surface area contributed by atoms with Crippen LogP contribution in [0.2, 0.25) is 0 Å². The van der Waals surface area contributed by atoms with Crippen LogP contribution in [0.1, 0.15) is 28.2 Å². The second-order valence-corrected chi connectivity index (χ2v) is 9.64. The summed E-state index contributed by atoms with van der Waals surface area (Å²) in [4.78, 5) is 21.0. The summed E-state index contributed by atoms with van der Waals surface area (Å²) in [5, 5.41) is 5.33. The van der Waals surface area contributed by atoms with Crippen LogP contribution in [-0.4, -0.2) is 57.1 Å². The Morgan fingerprint density at radius 2 is 1.67 bits per heavy atom. The third-order valence-electron chi connectivity index (χ3n) is 6.21.